The van der Waals surface area contributed by atoms with Gasteiger partial charge in [0.1, 0.15) is 0 Å². The number of carbonyl (C=O) groups is 3. The molecule has 7 nitrogen and oxygen atoms in total. The molecular formula is C17H22ClN3O4. The minimum absolute atomic E-state index is 0.0681. The van der Waals surface area contributed by atoms with E-state index >= 15 is 0 Å². The molecule has 1 unspecified atom stereocenters. The molecule has 0 aromatic heterocycles. The Bertz CT molecular complexity index is 672. The van der Waals surface area contributed by atoms with Crippen molar-refractivity contribution in [3.05, 3.63) is 28.8 Å². The van der Waals surface area contributed by atoms with Crippen molar-refractivity contribution in [2.45, 2.75) is 26.3 Å². The number of nitrogens with one attached hydrogen (secondary N) is 1. The Morgan fingerprint density at radius 2 is 1.88 bits per heavy atom. The smallest absolute Gasteiger partial charge is 0.304 e. The lowest BCUT2D eigenvalue weighted by Gasteiger charge is -2.37. The van der Waals surface area contributed by atoms with E-state index in [2.05, 4.69) is 10.2 Å². The summed E-state index contributed by atoms with van der Waals surface area (Å²) in [6, 6.07) is 4.74. The maximum absolute atomic E-state index is 12.7. The average molecular weight is 368 g/mol. The van der Waals surface area contributed by atoms with Crippen LogP contribution in [0.2, 0.25) is 5.02 Å². The number of amides is 2. The fourth-order valence-electron chi connectivity index (χ4n) is 2.89. The van der Waals surface area contributed by atoms with E-state index in [1.54, 1.807) is 23.1 Å². The summed E-state index contributed by atoms with van der Waals surface area (Å²) in [5.74, 6) is -1.24. The van der Waals surface area contributed by atoms with Crippen molar-refractivity contribution in [1.82, 2.24) is 9.80 Å². The number of piperazine rings is 1. The number of nitrogens with zero attached hydrogens (tertiary/aromatic N) is 2. The fourth-order valence-corrected chi connectivity index (χ4v) is 3.09. The molecule has 1 fully saturated rings. The molecule has 1 aliphatic heterocycles. The second-order valence-electron chi connectivity index (χ2n) is 6.15. The number of benzene rings is 1. The van der Waals surface area contributed by atoms with Gasteiger partial charge in [-0.2, -0.15) is 0 Å². The van der Waals surface area contributed by atoms with Crippen molar-refractivity contribution in [1.29, 1.82) is 0 Å². The van der Waals surface area contributed by atoms with Crippen molar-refractivity contribution in [3.8, 4) is 0 Å². The number of rotatable bonds is 5. The summed E-state index contributed by atoms with van der Waals surface area (Å²) < 4.78 is 0. The molecule has 0 saturated carbocycles. The van der Waals surface area contributed by atoms with Crippen LogP contribution in [0, 0.1) is 0 Å². The van der Waals surface area contributed by atoms with Gasteiger partial charge in [-0.05, 0) is 25.1 Å². The van der Waals surface area contributed by atoms with E-state index in [4.69, 9.17) is 16.7 Å². The molecule has 1 atom stereocenters. The molecule has 8 heteroatoms. The Labute approximate surface area is 151 Å². The number of hydrogen-bond donors (Lipinski definition) is 2. The zero-order valence-corrected chi connectivity index (χ0v) is 15.0. The quantitative estimate of drug-likeness (QED) is 0.829. The van der Waals surface area contributed by atoms with E-state index in [0.29, 0.717) is 42.5 Å². The summed E-state index contributed by atoms with van der Waals surface area (Å²) in [5, 5.41) is 11.9. The van der Waals surface area contributed by atoms with Crippen LogP contribution in [0.15, 0.2) is 18.2 Å². The minimum Gasteiger partial charge on any atom is -0.481 e. The Hall–Kier alpha value is -2.12. The van der Waals surface area contributed by atoms with Crippen molar-refractivity contribution in [2.75, 3.05) is 31.5 Å². The first-order chi connectivity index (χ1) is 11.8. The molecule has 2 N–H and O–H groups in total. The first-order valence-electron chi connectivity index (χ1n) is 8.10. The van der Waals surface area contributed by atoms with E-state index in [1.165, 1.54) is 6.92 Å². The molecule has 0 radical (unpaired) electrons. The molecule has 1 aromatic rings. The van der Waals surface area contributed by atoms with Crippen LogP contribution in [0.3, 0.4) is 0 Å². The third kappa shape index (κ3) is 5.17. The van der Waals surface area contributed by atoms with Gasteiger partial charge in [-0.1, -0.05) is 11.6 Å². The van der Waals surface area contributed by atoms with Crippen LogP contribution in [-0.2, 0) is 9.59 Å². The minimum atomic E-state index is -0.826. The second-order valence-corrected chi connectivity index (χ2v) is 6.56. The average Bonchev–Trinajstić information content (AvgIpc) is 2.55. The zero-order chi connectivity index (χ0) is 18.6. The van der Waals surface area contributed by atoms with Gasteiger partial charge in [0, 0.05) is 44.8 Å². The van der Waals surface area contributed by atoms with Gasteiger partial charge in [0.25, 0.3) is 5.91 Å². The molecule has 2 rings (SSSR count). The lowest BCUT2D eigenvalue weighted by molar-refractivity contribution is -0.138. The van der Waals surface area contributed by atoms with Crippen LogP contribution in [-0.4, -0.2) is 64.9 Å². The van der Waals surface area contributed by atoms with Crippen LogP contribution >= 0.6 is 11.6 Å². The second kappa shape index (κ2) is 8.31. The van der Waals surface area contributed by atoms with Crippen LogP contribution in [0.5, 0.6) is 0 Å². The number of hydrogen-bond acceptors (Lipinski definition) is 4. The summed E-state index contributed by atoms with van der Waals surface area (Å²) >= 11 is 6.15. The topological polar surface area (TPSA) is 90.0 Å². The van der Waals surface area contributed by atoms with Gasteiger partial charge in [-0.25, -0.2) is 0 Å². The van der Waals surface area contributed by atoms with Gasteiger partial charge in [0.05, 0.1) is 17.0 Å². The third-order valence-electron chi connectivity index (χ3n) is 4.21. The molecule has 1 heterocycles. The van der Waals surface area contributed by atoms with Crippen molar-refractivity contribution < 1.29 is 19.5 Å². The summed E-state index contributed by atoms with van der Waals surface area (Å²) in [7, 11) is 0. The molecule has 0 aliphatic carbocycles. The fraction of sp³-hybridized carbons (Fsp3) is 0.471. The maximum Gasteiger partial charge on any atom is 0.304 e. The third-order valence-corrected chi connectivity index (χ3v) is 4.54. The van der Waals surface area contributed by atoms with Crippen molar-refractivity contribution in [2.24, 2.45) is 0 Å². The largest absolute Gasteiger partial charge is 0.481 e. The first kappa shape index (κ1) is 19.2. The molecule has 0 spiro atoms. The van der Waals surface area contributed by atoms with Crippen molar-refractivity contribution in [3.63, 3.8) is 0 Å². The van der Waals surface area contributed by atoms with Gasteiger partial charge in [0.15, 0.2) is 0 Å². The highest BCUT2D eigenvalue weighted by molar-refractivity contribution is 6.34. The van der Waals surface area contributed by atoms with Gasteiger partial charge in [0.2, 0.25) is 5.91 Å². The van der Waals surface area contributed by atoms with Crippen molar-refractivity contribution >= 4 is 35.1 Å². The Balaban J connectivity index is 2.03. The van der Waals surface area contributed by atoms with Gasteiger partial charge >= 0.3 is 5.97 Å². The summed E-state index contributed by atoms with van der Waals surface area (Å²) in [6.07, 6.45) is 0.0819. The summed E-state index contributed by atoms with van der Waals surface area (Å²) in [6.45, 7) is 5.51. The maximum atomic E-state index is 12.7. The number of halogens is 1. The molecule has 1 saturated heterocycles. The highest BCUT2D eigenvalue weighted by atomic mass is 35.5. The predicted molar refractivity (Wildman–Crippen MR) is 94.9 cm³/mol. The van der Waals surface area contributed by atoms with E-state index in [0.717, 1.165) is 0 Å². The first-order valence-corrected chi connectivity index (χ1v) is 8.48. The van der Waals surface area contributed by atoms with E-state index in [1.807, 2.05) is 6.92 Å². The number of carbonyl (C=O) groups excluding carboxylic acids is 2. The molecular weight excluding hydrogens is 346 g/mol. The van der Waals surface area contributed by atoms with Gasteiger partial charge in [-0.3, -0.25) is 19.3 Å². The molecule has 1 aromatic carbocycles. The molecule has 25 heavy (non-hydrogen) atoms. The Morgan fingerprint density at radius 1 is 1.24 bits per heavy atom. The van der Waals surface area contributed by atoms with E-state index in [-0.39, 0.29) is 24.3 Å². The summed E-state index contributed by atoms with van der Waals surface area (Å²) in [5.41, 5.74) is 0.869. The highest BCUT2D eigenvalue weighted by Crippen LogP contribution is 2.23. The SMILES string of the molecule is CC(=O)Nc1ccc(Cl)c(C(=O)N2CCN(C(C)CC(=O)O)CC2)c1. The Kier molecular flexibility index (Phi) is 6.39. The van der Waals surface area contributed by atoms with E-state index < -0.39 is 5.97 Å². The normalized spacial score (nSPS) is 16.4. The lowest BCUT2D eigenvalue weighted by Crippen LogP contribution is -2.51. The number of aliphatic carboxylic acids is 1. The molecule has 2 amide bonds. The predicted octanol–water partition coefficient (Wildman–Crippen LogP) is 1.92. The van der Waals surface area contributed by atoms with Crippen LogP contribution in [0.25, 0.3) is 0 Å². The monoisotopic (exact) mass is 367 g/mol. The van der Waals surface area contributed by atoms with Crippen LogP contribution in [0.1, 0.15) is 30.6 Å². The lowest BCUT2D eigenvalue weighted by atomic mass is 10.1. The number of anilines is 1. The highest BCUT2D eigenvalue weighted by Gasteiger charge is 2.26. The van der Waals surface area contributed by atoms with Gasteiger partial charge < -0.3 is 15.3 Å². The molecule has 136 valence electrons. The molecule has 0 bridgehead atoms. The van der Waals surface area contributed by atoms with Crippen LogP contribution in [0.4, 0.5) is 5.69 Å². The number of carboxylic acids is 1. The zero-order valence-electron chi connectivity index (χ0n) is 14.3. The molecule has 1 aliphatic rings. The Morgan fingerprint density at radius 3 is 2.44 bits per heavy atom. The standard InChI is InChI=1S/C17H22ClN3O4/c1-11(9-16(23)24)20-5-7-21(8-6-20)17(25)14-10-13(19-12(2)22)3-4-15(14)18/h3-4,10-11H,5-9H2,1-2H3,(H,19,22)(H,23,24). The number of carboxylic acid groups (broad SMARTS) is 1. The van der Waals surface area contributed by atoms with Gasteiger partial charge in [-0.15, -0.1) is 0 Å². The van der Waals surface area contributed by atoms with E-state index in [9.17, 15) is 14.4 Å². The van der Waals surface area contributed by atoms with Crippen LogP contribution < -0.4 is 5.32 Å². The summed E-state index contributed by atoms with van der Waals surface area (Å²) in [4.78, 5) is 38.5.